The lowest BCUT2D eigenvalue weighted by atomic mass is 10.0. The number of nitrogens with zero attached hydrogens (tertiary/aromatic N) is 2. The Morgan fingerprint density at radius 3 is 1.98 bits per heavy atom. The molecule has 4 aromatic rings. The van der Waals surface area contributed by atoms with Gasteiger partial charge in [0.15, 0.2) is 0 Å². The molecule has 1 N–H and O–H groups in total. The maximum Gasteiger partial charge on any atom is 0.264 e. The van der Waals surface area contributed by atoms with E-state index in [0.29, 0.717) is 21.3 Å². The number of rotatable bonds is 12. The number of aryl methyl sites for hydroxylation is 2. The van der Waals surface area contributed by atoms with Crippen LogP contribution in [0.2, 0.25) is 10.0 Å². The molecule has 0 aliphatic carbocycles. The summed E-state index contributed by atoms with van der Waals surface area (Å²) in [7, 11) is -4.19. The topological polar surface area (TPSA) is 86.8 Å². The molecule has 0 fully saturated rings. The van der Waals surface area contributed by atoms with Crippen LogP contribution in [0.25, 0.3) is 0 Å². The number of halogens is 2. The minimum atomic E-state index is -4.19. The van der Waals surface area contributed by atoms with Crippen molar-refractivity contribution in [2.24, 2.45) is 0 Å². The summed E-state index contributed by atoms with van der Waals surface area (Å²) in [6.45, 7) is 6.79. The Morgan fingerprint density at radius 2 is 1.40 bits per heavy atom. The average Bonchev–Trinajstić information content (AvgIpc) is 3.00. The van der Waals surface area contributed by atoms with Gasteiger partial charge in [0.2, 0.25) is 11.8 Å². The third-order valence-electron chi connectivity index (χ3n) is 7.48. The lowest BCUT2D eigenvalue weighted by Gasteiger charge is -2.34. The van der Waals surface area contributed by atoms with E-state index in [9.17, 15) is 18.0 Å². The van der Waals surface area contributed by atoms with E-state index in [1.54, 1.807) is 48.5 Å². The molecule has 1 atom stereocenters. The second-order valence-corrected chi connectivity index (χ2v) is 13.9. The van der Waals surface area contributed by atoms with Crippen LogP contribution in [0, 0.1) is 13.8 Å². The van der Waals surface area contributed by atoms with Gasteiger partial charge in [-0.05, 0) is 80.8 Å². The number of nitrogens with one attached hydrogen (secondary N) is 1. The quantitative estimate of drug-likeness (QED) is 0.177. The summed E-state index contributed by atoms with van der Waals surface area (Å²) < 4.78 is 29.4. The van der Waals surface area contributed by atoms with Crippen molar-refractivity contribution in [3.05, 3.63) is 129 Å². The zero-order valence-electron chi connectivity index (χ0n) is 25.7. The number of anilines is 1. The first kappa shape index (κ1) is 34.0. The number of carbonyl (C=O) groups is 2. The van der Waals surface area contributed by atoms with Crippen LogP contribution in [-0.4, -0.2) is 43.8 Å². The number of amides is 2. The van der Waals surface area contributed by atoms with Crippen LogP contribution in [0.15, 0.2) is 102 Å². The molecule has 0 aliphatic heterocycles. The highest BCUT2D eigenvalue weighted by Crippen LogP contribution is 2.29. The molecule has 4 aromatic carbocycles. The van der Waals surface area contributed by atoms with Gasteiger partial charge in [-0.25, -0.2) is 8.42 Å². The van der Waals surface area contributed by atoms with Gasteiger partial charge in [-0.2, -0.15) is 0 Å². The van der Waals surface area contributed by atoms with Crippen LogP contribution in [0.3, 0.4) is 0 Å². The van der Waals surface area contributed by atoms with Crippen LogP contribution >= 0.6 is 23.2 Å². The fraction of sp³-hybridized carbons (Fsp3) is 0.257. The third kappa shape index (κ3) is 8.45. The number of hydrogen-bond donors (Lipinski definition) is 1. The summed E-state index contributed by atoms with van der Waals surface area (Å²) >= 11 is 13.1. The van der Waals surface area contributed by atoms with Crippen molar-refractivity contribution in [3.8, 4) is 0 Å². The Morgan fingerprint density at radius 1 is 0.800 bits per heavy atom. The third-order valence-corrected chi connectivity index (χ3v) is 9.98. The summed E-state index contributed by atoms with van der Waals surface area (Å²) in [4.78, 5) is 29.8. The summed E-state index contributed by atoms with van der Waals surface area (Å²) in [5.41, 5.74) is 3.45. The Hall–Kier alpha value is -3.85. The van der Waals surface area contributed by atoms with Crippen LogP contribution in [0.5, 0.6) is 0 Å². The maximum absolute atomic E-state index is 14.6. The minimum absolute atomic E-state index is 0.0371. The second kappa shape index (κ2) is 15.0. The zero-order valence-corrected chi connectivity index (χ0v) is 28.0. The van der Waals surface area contributed by atoms with E-state index in [2.05, 4.69) is 5.32 Å². The molecule has 0 radical (unpaired) electrons. The monoisotopic (exact) mass is 665 g/mol. The van der Waals surface area contributed by atoms with Gasteiger partial charge in [-0.15, -0.1) is 0 Å². The molecule has 0 saturated carbocycles. The molecule has 0 bridgehead atoms. The number of sulfonamides is 1. The van der Waals surface area contributed by atoms with Crippen molar-refractivity contribution in [2.45, 2.75) is 57.6 Å². The minimum Gasteiger partial charge on any atom is -0.352 e. The summed E-state index contributed by atoms with van der Waals surface area (Å²) in [6.07, 6.45) is 0.183. The second-order valence-electron chi connectivity index (χ2n) is 11.2. The molecule has 0 saturated heterocycles. The highest BCUT2D eigenvalue weighted by Gasteiger charge is 2.35. The molecule has 1 unspecified atom stereocenters. The maximum atomic E-state index is 14.6. The lowest BCUT2D eigenvalue weighted by molar-refractivity contribution is -0.140. The Balaban J connectivity index is 1.85. The fourth-order valence-electron chi connectivity index (χ4n) is 4.92. The van der Waals surface area contributed by atoms with Crippen LogP contribution < -0.4 is 9.62 Å². The first-order valence-electron chi connectivity index (χ1n) is 14.6. The first-order valence-corrected chi connectivity index (χ1v) is 16.8. The van der Waals surface area contributed by atoms with Crippen molar-refractivity contribution in [3.63, 3.8) is 0 Å². The molecular weight excluding hydrogens is 629 g/mol. The Bertz CT molecular complexity index is 1730. The molecule has 4 rings (SSSR count). The van der Waals surface area contributed by atoms with Crippen molar-refractivity contribution >= 4 is 50.7 Å². The molecule has 236 valence electrons. The van der Waals surface area contributed by atoms with Gasteiger partial charge in [0.05, 0.1) is 10.6 Å². The number of carbonyl (C=O) groups excluding carboxylic acids is 2. The Kier molecular flexibility index (Phi) is 11.3. The summed E-state index contributed by atoms with van der Waals surface area (Å²) in [5, 5.41) is 3.59. The molecule has 45 heavy (non-hydrogen) atoms. The molecule has 0 aromatic heterocycles. The van der Waals surface area contributed by atoms with Gasteiger partial charge in [0.1, 0.15) is 12.6 Å². The van der Waals surface area contributed by atoms with Gasteiger partial charge in [0, 0.05) is 34.6 Å². The standard InChI is InChI=1S/C35H37Cl2N3O4S/c1-24(2)38-35(42)33(21-27-12-7-5-8-13-27)39(22-30-31(36)16-11-17-32(30)37)34(41)23-40(28-19-18-25(3)26(4)20-28)45(43,44)29-14-9-6-10-15-29/h5-20,24,33H,21-23H2,1-4H3,(H,38,42). The van der Waals surface area contributed by atoms with E-state index in [-0.39, 0.29) is 29.8 Å². The number of benzene rings is 4. The highest BCUT2D eigenvalue weighted by molar-refractivity contribution is 7.92. The van der Waals surface area contributed by atoms with Gasteiger partial charge in [-0.3, -0.25) is 13.9 Å². The summed E-state index contributed by atoms with van der Waals surface area (Å²) in [5.74, 6) is -0.974. The average molecular weight is 667 g/mol. The fourth-order valence-corrected chi connectivity index (χ4v) is 6.86. The molecule has 2 amide bonds. The molecule has 10 heteroatoms. The van der Waals surface area contributed by atoms with E-state index >= 15 is 0 Å². The van der Waals surface area contributed by atoms with Crippen molar-refractivity contribution in [1.82, 2.24) is 10.2 Å². The molecule has 0 aliphatic rings. The zero-order chi connectivity index (χ0) is 32.7. The predicted octanol–water partition coefficient (Wildman–Crippen LogP) is 6.97. The van der Waals surface area contributed by atoms with Crippen LogP contribution in [0.1, 0.15) is 36.1 Å². The summed E-state index contributed by atoms with van der Waals surface area (Å²) in [6, 6.07) is 26.3. The van der Waals surface area contributed by atoms with Crippen LogP contribution in [-0.2, 0) is 32.6 Å². The molecule has 0 heterocycles. The molecular formula is C35H37Cl2N3O4S. The van der Waals surface area contributed by atoms with E-state index in [4.69, 9.17) is 23.2 Å². The van der Waals surface area contributed by atoms with Crippen molar-refractivity contribution in [2.75, 3.05) is 10.8 Å². The predicted molar refractivity (Wildman–Crippen MR) is 181 cm³/mol. The number of hydrogen-bond acceptors (Lipinski definition) is 4. The van der Waals surface area contributed by atoms with Gasteiger partial charge in [0.25, 0.3) is 10.0 Å². The highest BCUT2D eigenvalue weighted by atomic mass is 35.5. The first-order chi connectivity index (χ1) is 21.4. The van der Waals surface area contributed by atoms with Gasteiger partial charge >= 0.3 is 0 Å². The normalized spacial score (nSPS) is 12.1. The van der Waals surface area contributed by atoms with E-state index < -0.39 is 28.5 Å². The lowest BCUT2D eigenvalue weighted by Crippen LogP contribution is -2.54. The molecule has 7 nitrogen and oxygen atoms in total. The molecule has 0 spiro atoms. The van der Waals surface area contributed by atoms with Crippen LogP contribution in [0.4, 0.5) is 5.69 Å². The van der Waals surface area contributed by atoms with Crippen molar-refractivity contribution in [1.29, 1.82) is 0 Å². The van der Waals surface area contributed by atoms with Gasteiger partial charge in [-0.1, -0.05) is 83.9 Å². The largest absolute Gasteiger partial charge is 0.352 e. The van der Waals surface area contributed by atoms with Crippen molar-refractivity contribution < 1.29 is 18.0 Å². The Labute approximate surface area is 275 Å². The van der Waals surface area contributed by atoms with E-state index in [1.165, 1.54) is 17.0 Å². The SMILES string of the molecule is Cc1ccc(N(CC(=O)N(Cc2c(Cl)cccc2Cl)C(Cc2ccccc2)C(=O)NC(C)C)S(=O)(=O)c2ccccc2)cc1C. The van der Waals surface area contributed by atoms with E-state index in [0.717, 1.165) is 21.0 Å². The van der Waals surface area contributed by atoms with E-state index in [1.807, 2.05) is 64.1 Å². The van der Waals surface area contributed by atoms with Gasteiger partial charge < -0.3 is 10.2 Å². The smallest absolute Gasteiger partial charge is 0.264 e.